The molecule has 3 rings (SSSR count). The molecule has 0 bridgehead atoms. The second-order valence-electron chi connectivity index (χ2n) is 6.74. The Bertz CT molecular complexity index is 713. The fraction of sp³-hybridized carbons (Fsp3) is 0.409. The molecule has 0 aliphatic carbocycles. The van der Waals surface area contributed by atoms with Gasteiger partial charge in [-0.3, -0.25) is 9.69 Å². The maximum atomic E-state index is 12.5. The molecule has 0 aromatic heterocycles. The van der Waals surface area contributed by atoms with Crippen molar-refractivity contribution in [1.29, 1.82) is 0 Å². The van der Waals surface area contributed by atoms with Crippen LogP contribution in [-0.4, -0.2) is 62.1 Å². The van der Waals surface area contributed by atoms with E-state index in [9.17, 15) is 4.79 Å². The molecule has 0 atom stereocenters. The lowest BCUT2D eigenvalue weighted by atomic mass is 10.1. The van der Waals surface area contributed by atoms with Gasteiger partial charge in [0.05, 0.1) is 7.11 Å². The SMILES string of the molecule is COc1cccc(CCC(=O)N2CCN(CCOc3ccccc3)CC2)c1. The van der Waals surface area contributed by atoms with Gasteiger partial charge in [-0.1, -0.05) is 30.3 Å². The van der Waals surface area contributed by atoms with Crippen LogP contribution in [0.15, 0.2) is 54.6 Å². The number of carbonyl (C=O) groups is 1. The van der Waals surface area contributed by atoms with Crippen LogP contribution in [-0.2, 0) is 11.2 Å². The maximum Gasteiger partial charge on any atom is 0.222 e. The summed E-state index contributed by atoms with van der Waals surface area (Å²) in [5.74, 6) is 1.98. The molecule has 1 aliphatic heterocycles. The topological polar surface area (TPSA) is 42.0 Å². The van der Waals surface area contributed by atoms with E-state index >= 15 is 0 Å². The van der Waals surface area contributed by atoms with Gasteiger partial charge in [-0.05, 0) is 36.2 Å². The summed E-state index contributed by atoms with van der Waals surface area (Å²) in [6.45, 7) is 4.96. The average molecular weight is 368 g/mol. The van der Waals surface area contributed by atoms with Crippen LogP contribution < -0.4 is 9.47 Å². The number of aryl methyl sites for hydroxylation is 1. The van der Waals surface area contributed by atoms with E-state index in [0.717, 1.165) is 56.2 Å². The van der Waals surface area contributed by atoms with Gasteiger partial charge in [0.15, 0.2) is 0 Å². The van der Waals surface area contributed by atoms with E-state index < -0.39 is 0 Å². The molecule has 0 radical (unpaired) electrons. The molecule has 1 saturated heterocycles. The second kappa shape index (κ2) is 9.97. The Morgan fingerprint density at radius 1 is 0.963 bits per heavy atom. The summed E-state index contributed by atoms with van der Waals surface area (Å²) < 4.78 is 11.0. The Labute approximate surface area is 161 Å². The van der Waals surface area contributed by atoms with E-state index in [0.29, 0.717) is 13.0 Å². The van der Waals surface area contributed by atoms with Gasteiger partial charge in [0.1, 0.15) is 18.1 Å². The average Bonchev–Trinajstić information content (AvgIpc) is 2.73. The van der Waals surface area contributed by atoms with E-state index in [-0.39, 0.29) is 5.91 Å². The molecule has 0 spiro atoms. The standard InChI is InChI=1S/C22H28N2O3/c1-26-21-9-5-6-19(18-21)10-11-22(25)24-14-12-23(13-15-24)16-17-27-20-7-3-2-4-8-20/h2-9,18H,10-17H2,1H3. The number of amides is 1. The highest BCUT2D eigenvalue weighted by Crippen LogP contribution is 2.15. The molecule has 0 saturated carbocycles. The molecule has 0 N–H and O–H groups in total. The highest BCUT2D eigenvalue weighted by Gasteiger charge is 2.20. The number of nitrogens with zero attached hydrogens (tertiary/aromatic N) is 2. The number of carbonyl (C=O) groups excluding carboxylic acids is 1. The highest BCUT2D eigenvalue weighted by molar-refractivity contribution is 5.76. The van der Waals surface area contributed by atoms with Gasteiger partial charge < -0.3 is 14.4 Å². The molecule has 144 valence electrons. The smallest absolute Gasteiger partial charge is 0.222 e. The fourth-order valence-electron chi connectivity index (χ4n) is 3.27. The minimum absolute atomic E-state index is 0.234. The van der Waals surface area contributed by atoms with Crippen LogP contribution in [0.1, 0.15) is 12.0 Å². The number of hydrogen-bond donors (Lipinski definition) is 0. The lowest BCUT2D eigenvalue weighted by molar-refractivity contribution is -0.132. The summed E-state index contributed by atoms with van der Waals surface area (Å²) >= 11 is 0. The van der Waals surface area contributed by atoms with Gasteiger partial charge in [0, 0.05) is 39.1 Å². The molecule has 0 unspecified atom stereocenters. The van der Waals surface area contributed by atoms with Gasteiger partial charge in [0.25, 0.3) is 0 Å². The van der Waals surface area contributed by atoms with Crippen LogP contribution in [0.3, 0.4) is 0 Å². The van der Waals surface area contributed by atoms with E-state index in [1.165, 1.54) is 0 Å². The Balaban J connectivity index is 1.35. The monoisotopic (exact) mass is 368 g/mol. The van der Waals surface area contributed by atoms with Crippen LogP contribution in [0.4, 0.5) is 0 Å². The first-order valence-electron chi connectivity index (χ1n) is 9.55. The molecule has 2 aromatic carbocycles. The molecule has 27 heavy (non-hydrogen) atoms. The number of hydrogen-bond acceptors (Lipinski definition) is 4. The zero-order valence-corrected chi connectivity index (χ0v) is 16.0. The fourth-order valence-corrected chi connectivity index (χ4v) is 3.27. The summed E-state index contributed by atoms with van der Waals surface area (Å²) in [6.07, 6.45) is 1.30. The summed E-state index contributed by atoms with van der Waals surface area (Å²) in [7, 11) is 1.66. The molecule has 5 nitrogen and oxygen atoms in total. The third kappa shape index (κ3) is 6.00. The van der Waals surface area contributed by atoms with Crippen molar-refractivity contribution in [2.45, 2.75) is 12.8 Å². The zero-order chi connectivity index (χ0) is 18.9. The van der Waals surface area contributed by atoms with Crippen LogP contribution in [0, 0.1) is 0 Å². The van der Waals surface area contributed by atoms with Gasteiger partial charge in [-0.15, -0.1) is 0 Å². The van der Waals surface area contributed by atoms with E-state index in [1.54, 1.807) is 7.11 Å². The van der Waals surface area contributed by atoms with Gasteiger partial charge in [-0.2, -0.15) is 0 Å². The number of rotatable bonds is 8. The number of piperazine rings is 1. The summed E-state index contributed by atoms with van der Waals surface area (Å²) in [5.41, 5.74) is 1.14. The minimum Gasteiger partial charge on any atom is -0.497 e. The predicted octanol–water partition coefficient (Wildman–Crippen LogP) is 2.85. The van der Waals surface area contributed by atoms with Crippen molar-refractivity contribution in [2.24, 2.45) is 0 Å². The predicted molar refractivity (Wildman–Crippen MR) is 106 cm³/mol. The van der Waals surface area contributed by atoms with Crippen molar-refractivity contribution in [3.63, 3.8) is 0 Å². The number of para-hydroxylation sites is 1. The third-order valence-corrected chi connectivity index (χ3v) is 4.91. The molecule has 5 heteroatoms. The van der Waals surface area contributed by atoms with Crippen LogP contribution in [0.5, 0.6) is 11.5 Å². The van der Waals surface area contributed by atoms with Crippen molar-refractivity contribution in [2.75, 3.05) is 46.4 Å². The van der Waals surface area contributed by atoms with Crippen LogP contribution in [0.2, 0.25) is 0 Å². The molecule has 1 heterocycles. The van der Waals surface area contributed by atoms with Gasteiger partial charge >= 0.3 is 0 Å². The van der Waals surface area contributed by atoms with Crippen molar-refractivity contribution >= 4 is 5.91 Å². The molecular weight excluding hydrogens is 340 g/mol. The van der Waals surface area contributed by atoms with E-state index in [1.807, 2.05) is 59.5 Å². The van der Waals surface area contributed by atoms with Crippen molar-refractivity contribution in [1.82, 2.24) is 9.80 Å². The Hall–Kier alpha value is -2.53. The van der Waals surface area contributed by atoms with Crippen molar-refractivity contribution in [3.05, 3.63) is 60.2 Å². The third-order valence-electron chi connectivity index (χ3n) is 4.91. The highest BCUT2D eigenvalue weighted by atomic mass is 16.5. The largest absolute Gasteiger partial charge is 0.497 e. The Morgan fingerprint density at radius 2 is 1.70 bits per heavy atom. The van der Waals surface area contributed by atoms with E-state index in [2.05, 4.69) is 4.90 Å². The summed E-state index contributed by atoms with van der Waals surface area (Å²) in [4.78, 5) is 16.8. The molecular formula is C22H28N2O3. The lowest BCUT2D eigenvalue weighted by Crippen LogP contribution is -2.49. The molecule has 1 amide bonds. The van der Waals surface area contributed by atoms with Crippen molar-refractivity contribution in [3.8, 4) is 11.5 Å². The summed E-state index contributed by atoms with van der Waals surface area (Å²) in [5, 5.41) is 0. The lowest BCUT2D eigenvalue weighted by Gasteiger charge is -2.34. The number of ether oxygens (including phenoxy) is 2. The first kappa shape index (κ1) is 19.2. The van der Waals surface area contributed by atoms with Crippen molar-refractivity contribution < 1.29 is 14.3 Å². The van der Waals surface area contributed by atoms with E-state index in [4.69, 9.17) is 9.47 Å². The summed E-state index contributed by atoms with van der Waals surface area (Å²) in [6, 6.07) is 17.8. The first-order valence-corrected chi connectivity index (χ1v) is 9.55. The normalized spacial score (nSPS) is 14.8. The van der Waals surface area contributed by atoms with Crippen LogP contribution in [0.25, 0.3) is 0 Å². The molecule has 1 aliphatic rings. The Morgan fingerprint density at radius 3 is 2.44 bits per heavy atom. The maximum absolute atomic E-state index is 12.5. The van der Waals surface area contributed by atoms with Crippen LogP contribution >= 0.6 is 0 Å². The van der Waals surface area contributed by atoms with Gasteiger partial charge in [0.2, 0.25) is 5.91 Å². The quantitative estimate of drug-likeness (QED) is 0.719. The zero-order valence-electron chi connectivity index (χ0n) is 16.0. The molecule has 1 fully saturated rings. The Kier molecular flexibility index (Phi) is 7.11. The molecule has 2 aromatic rings. The van der Waals surface area contributed by atoms with Gasteiger partial charge in [-0.25, -0.2) is 0 Å². The number of methoxy groups -OCH3 is 1. The first-order chi connectivity index (χ1) is 13.2. The minimum atomic E-state index is 0.234. The number of benzene rings is 2. The second-order valence-corrected chi connectivity index (χ2v) is 6.74.